The summed E-state index contributed by atoms with van der Waals surface area (Å²) in [6.07, 6.45) is 1.14. The van der Waals surface area contributed by atoms with Gasteiger partial charge in [0.1, 0.15) is 5.75 Å². The SMILES string of the molecule is CC(=O)Nc1ccc(S(=O)(=O)N/N=C\c2cc(Cl)ccc2O)cc1. The molecule has 0 fully saturated rings. The van der Waals surface area contributed by atoms with Crippen molar-refractivity contribution in [2.45, 2.75) is 11.8 Å². The van der Waals surface area contributed by atoms with Crippen molar-refractivity contribution < 1.29 is 18.3 Å². The predicted molar refractivity (Wildman–Crippen MR) is 91.8 cm³/mol. The largest absolute Gasteiger partial charge is 0.507 e. The molecule has 126 valence electrons. The van der Waals surface area contributed by atoms with Gasteiger partial charge in [-0.3, -0.25) is 4.79 Å². The van der Waals surface area contributed by atoms with E-state index in [9.17, 15) is 18.3 Å². The van der Waals surface area contributed by atoms with Crippen LogP contribution in [-0.4, -0.2) is 25.6 Å². The van der Waals surface area contributed by atoms with E-state index >= 15 is 0 Å². The summed E-state index contributed by atoms with van der Waals surface area (Å²) < 4.78 is 24.2. The summed E-state index contributed by atoms with van der Waals surface area (Å²) in [7, 11) is -3.87. The number of sulfonamides is 1. The number of hydrogen-bond donors (Lipinski definition) is 3. The number of hydrazone groups is 1. The highest BCUT2D eigenvalue weighted by Crippen LogP contribution is 2.19. The average Bonchev–Trinajstić information content (AvgIpc) is 2.50. The standard InChI is InChI=1S/C15H14ClN3O4S/c1-10(20)18-13-3-5-14(6-4-13)24(22,23)19-17-9-11-8-12(16)2-7-15(11)21/h2-9,19,21H,1H3,(H,18,20)/b17-9-. The van der Waals surface area contributed by atoms with Gasteiger partial charge in [0.15, 0.2) is 0 Å². The first-order chi connectivity index (χ1) is 11.3. The number of phenols is 1. The summed E-state index contributed by atoms with van der Waals surface area (Å²) >= 11 is 5.79. The van der Waals surface area contributed by atoms with Gasteiger partial charge < -0.3 is 10.4 Å². The van der Waals surface area contributed by atoms with Gasteiger partial charge in [-0.15, -0.1) is 0 Å². The van der Waals surface area contributed by atoms with Gasteiger partial charge in [-0.05, 0) is 42.5 Å². The van der Waals surface area contributed by atoms with Crippen molar-refractivity contribution in [2.24, 2.45) is 5.10 Å². The molecule has 0 unspecified atom stereocenters. The van der Waals surface area contributed by atoms with Crippen LogP contribution in [0.25, 0.3) is 0 Å². The summed E-state index contributed by atoms with van der Waals surface area (Å²) in [6.45, 7) is 1.35. The Morgan fingerprint density at radius 2 is 1.88 bits per heavy atom. The zero-order valence-electron chi connectivity index (χ0n) is 12.5. The number of phenolic OH excluding ortho intramolecular Hbond substituents is 1. The molecule has 3 N–H and O–H groups in total. The first kappa shape index (κ1) is 17.8. The number of carbonyl (C=O) groups excluding carboxylic acids is 1. The number of anilines is 1. The van der Waals surface area contributed by atoms with E-state index in [4.69, 9.17) is 11.6 Å². The van der Waals surface area contributed by atoms with E-state index in [1.165, 1.54) is 49.4 Å². The number of benzene rings is 2. The Labute approximate surface area is 144 Å². The van der Waals surface area contributed by atoms with Crippen LogP contribution < -0.4 is 10.1 Å². The van der Waals surface area contributed by atoms with Gasteiger partial charge >= 0.3 is 0 Å². The van der Waals surface area contributed by atoms with Crippen LogP contribution in [0.3, 0.4) is 0 Å². The van der Waals surface area contributed by atoms with Gasteiger partial charge in [-0.2, -0.15) is 13.5 Å². The van der Waals surface area contributed by atoms with Gasteiger partial charge in [0, 0.05) is 23.2 Å². The van der Waals surface area contributed by atoms with Crippen LogP contribution >= 0.6 is 11.6 Å². The molecule has 0 atom stereocenters. The molecule has 0 saturated carbocycles. The second-order valence-corrected chi connectivity index (χ2v) is 6.86. The third-order valence-corrected chi connectivity index (χ3v) is 4.32. The summed E-state index contributed by atoms with van der Waals surface area (Å²) in [6, 6.07) is 9.90. The Hall–Kier alpha value is -2.58. The molecule has 2 aromatic rings. The Bertz CT molecular complexity index is 880. The number of amides is 1. The van der Waals surface area contributed by atoms with Gasteiger partial charge in [-0.1, -0.05) is 11.6 Å². The molecule has 0 spiro atoms. The molecule has 2 rings (SSSR count). The minimum atomic E-state index is -3.87. The molecule has 0 aromatic heterocycles. The third kappa shape index (κ3) is 4.71. The third-order valence-electron chi connectivity index (χ3n) is 2.85. The highest BCUT2D eigenvalue weighted by atomic mass is 35.5. The zero-order chi connectivity index (χ0) is 17.7. The van der Waals surface area contributed by atoms with E-state index in [1.807, 2.05) is 4.83 Å². The van der Waals surface area contributed by atoms with E-state index < -0.39 is 10.0 Å². The highest BCUT2D eigenvalue weighted by Gasteiger charge is 2.12. The van der Waals surface area contributed by atoms with Crippen LogP contribution in [-0.2, 0) is 14.8 Å². The lowest BCUT2D eigenvalue weighted by Gasteiger charge is -2.06. The number of aromatic hydroxyl groups is 1. The molecule has 7 nitrogen and oxygen atoms in total. The fourth-order valence-corrected chi connectivity index (χ4v) is 2.74. The molecule has 0 aliphatic rings. The number of nitrogens with zero attached hydrogens (tertiary/aromatic N) is 1. The summed E-state index contributed by atoms with van der Waals surface area (Å²) in [5, 5.41) is 16.1. The van der Waals surface area contributed by atoms with Crippen molar-refractivity contribution in [3.63, 3.8) is 0 Å². The second-order valence-electron chi connectivity index (χ2n) is 4.76. The molecule has 0 saturated heterocycles. The Kier molecular flexibility index (Phi) is 5.42. The fourth-order valence-electron chi connectivity index (χ4n) is 1.77. The van der Waals surface area contributed by atoms with Gasteiger partial charge in [0.25, 0.3) is 10.0 Å². The van der Waals surface area contributed by atoms with Gasteiger partial charge in [-0.25, -0.2) is 4.83 Å². The smallest absolute Gasteiger partial charge is 0.276 e. The predicted octanol–water partition coefficient (Wildman–Crippen LogP) is 2.32. The van der Waals surface area contributed by atoms with Crippen molar-refractivity contribution in [3.05, 3.63) is 53.1 Å². The van der Waals surface area contributed by atoms with Gasteiger partial charge in [0.2, 0.25) is 5.91 Å². The Morgan fingerprint density at radius 3 is 2.50 bits per heavy atom. The number of carbonyl (C=O) groups is 1. The maximum Gasteiger partial charge on any atom is 0.276 e. The van der Waals surface area contributed by atoms with E-state index in [2.05, 4.69) is 10.4 Å². The van der Waals surface area contributed by atoms with Crippen LogP contribution in [0.5, 0.6) is 5.75 Å². The fraction of sp³-hybridized carbons (Fsp3) is 0.0667. The first-order valence-corrected chi connectivity index (χ1v) is 8.55. The first-order valence-electron chi connectivity index (χ1n) is 6.69. The molecule has 0 aliphatic heterocycles. The van der Waals surface area contributed by atoms with Crippen molar-refractivity contribution in [1.29, 1.82) is 0 Å². The summed E-state index contributed by atoms with van der Waals surface area (Å²) in [5.74, 6) is -0.336. The van der Waals surface area contributed by atoms with Gasteiger partial charge in [0.05, 0.1) is 11.1 Å². The van der Waals surface area contributed by atoms with Crippen LogP contribution in [0.15, 0.2) is 52.5 Å². The van der Waals surface area contributed by atoms with E-state index in [0.717, 1.165) is 6.21 Å². The van der Waals surface area contributed by atoms with Crippen LogP contribution in [0.1, 0.15) is 12.5 Å². The van der Waals surface area contributed by atoms with Crippen molar-refractivity contribution in [1.82, 2.24) is 4.83 Å². The molecular formula is C15H14ClN3O4S. The quantitative estimate of drug-likeness (QED) is 0.556. The molecule has 0 bridgehead atoms. The van der Waals surface area contributed by atoms with E-state index in [-0.39, 0.29) is 22.1 Å². The lowest BCUT2D eigenvalue weighted by atomic mass is 10.2. The van der Waals surface area contributed by atoms with Crippen LogP contribution in [0.4, 0.5) is 5.69 Å². The summed E-state index contributed by atoms with van der Waals surface area (Å²) in [4.78, 5) is 12.9. The van der Waals surface area contributed by atoms with Crippen molar-refractivity contribution >= 4 is 39.4 Å². The van der Waals surface area contributed by atoms with E-state index in [1.54, 1.807) is 0 Å². The maximum atomic E-state index is 12.1. The Balaban J connectivity index is 2.12. The molecule has 0 radical (unpaired) electrons. The number of hydrogen-bond acceptors (Lipinski definition) is 5. The Morgan fingerprint density at radius 1 is 1.21 bits per heavy atom. The molecular weight excluding hydrogens is 354 g/mol. The number of nitrogens with one attached hydrogen (secondary N) is 2. The number of halogens is 1. The van der Waals surface area contributed by atoms with Crippen molar-refractivity contribution in [3.8, 4) is 5.75 Å². The minimum absolute atomic E-state index is 0.0240. The molecule has 2 aromatic carbocycles. The average molecular weight is 368 g/mol. The molecule has 9 heteroatoms. The van der Waals surface area contributed by atoms with E-state index in [0.29, 0.717) is 10.7 Å². The topological polar surface area (TPSA) is 108 Å². The van der Waals surface area contributed by atoms with Crippen LogP contribution in [0.2, 0.25) is 5.02 Å². The molecule has 1 amide bonds. The molecule has 0 heterocycles. The maximum absolute atomic E-state index is 12.1. The normalized spacial score (nSPS) is 11.4. The lowest BCUT2D eigenvalue weighted by Crippen LogP contribution is -2.18. The monoisotopic (exact) mass is 367 g/mol. The van der Waals surface area contributed by atoms with Crippen molar-refractivity contribution in [2.75, 3.05) is 5.32 Å². The molecule has 24 heavy (non-hydrogen) atoms. The minimum Gasteiger partial charge on any atom is -0.507 e. The summed E-state index contributed by atoms with van der Waals surface area (Å²) in [5.41, 5.74) is 0.750. The second kappa shape index (κ2) is 7.33. The zero-order valence-corrected chi connectivity index (χ0v) is 14.1. The highest BCUT2D eigenvalue weighted by molar-refractivity contribution is 7.89. The number of rotatable bonds is 5. The van der Waals surface area contributed by atoms with Crippen LogP contribution in [0, 0.1) is 0 Å². The lowest BCUT2D eigenvalue weighted by molar-refractivity contribution is -0.114. The molecule has 0 aliphatic carbocycles.